The topological polar surface area (TPSA) is 86.3 Å². The van der Waals surface area contributed by atoms with Crippen LogP contribution in [0, 0.1) is 0 Å². The quantitative estimate of drug-likeness (QED) is 0.743. The first-order valence-electron chi connectivity index (χ1n) is 11.1. The van der Waals surface area contributed by atoms with Gasteiger partial charge in [-0.1, -0.05) is 6.07 Å². The Kier molecular flexibility index (Phi) is 6.74. The zero-order valence-corrected chi connectivity index (χ0v) is 19.5. The summed E-state index contributed by atoms with van der Waals surface area (Å²) in [5.41, 5.74) is 3.98. The molecule has 0 aromatic heterocycles. The van der Waals surface area contributed by atoms with Gasteiger partial charge in [0.15, 0.2) is 11.5 Å². The van der Waals surface area contributed by atoms with Crippen molar-refractivity contribution in [2.75, 3.05) is 52.5 Å². The lowest BCUT2D eigenvalue weighted by atomic mass is 9.95. The van der Waals surface area contributed by atoms with Gasteiger partial charge in [0, 0.05) is 25.6 Å². The monoisotopic (exact) mass is 454 g/mol. The molecule has 0 unspecified atom stereocenters. The van der Waals surface area contributed by atoms with Crippen LogP contribution in [0.25, 0.3) is 11.1 Å². The molecular formula is C25H30N2O6. The number of methoxy groups -OCH3 is 3. The SMILES string of the molecule is COc1cc2c(c(OC)c1OC)-c1ccc(N3CCOCC3)c(=O)cc1[C@H](NC(C)=O)CC2. The number of hydrogen-bond donors (Lipinski definition) is 1. The summed E-state index contributed by atoms with van der Waals surface area (Å²) >= 11 is 0. The fraction of sp³-hybridized carbons (Fsp3) is 0.440. The summed E-state index contributed by atoms with van der Waals surface area (Å²) in [6.45, 7) is 3.97. The van der Waals surface area contributed by atoms with E-state index < -0.39 is 0 Å². The molecule has 0 bridgehead atoms. The zero-order valence-electron chi connectivity index (χ0n) is 19.5. The Bertz CT molecular complexity index is 1110. The van der Waals surface area contributed by atoms with Crippen LogP contribution in [0.3, 0.4) is 0 Å². The number of amides is 1. The number of aryl methyl sites for hydroxylation is 1. The lowest BCUT2D eigenvalue weighted by Crippen LogP contribution is -2.38. The van der Waals surface area contributed by atoms with E-state index in [0.29, 0.717) is 62.1 Å². The van der Waals surface area contributed by atoms with Crippen molar-refractivity contribution in [3.05, 3.63) is 45.6 Å². The van der Waals surface area contributed by atoms with Crippen LogP contribution in [-0.2, 0) is 16.0 Å². The minimum atomic E-state index is -0.316. The lowest BCUT2D eigenvalue weighted by Gasteiger charge is -2.27. The number of anilines is 1. The molecule has 1 saturated heterocycles. The maximum Gasteiger partial charge on any atom is 0.217 e. The van der Waals surface area contributed by atoms with Crippen LogP contribution in [0.2, 0.25) is 0 Å². The first-order chi connectivity index (χ1) is 16.0. The highest BCUT2D eigenvalue weighted by Gasteiger charge is 2.29. The number of nitrogens with zero attached hydrogens (tertiary/aromatic N) is 1. The van der Waals surface area contributed by atoms with E-state index in [4.69, 9.17) is 18.9 Å². The van der Waals surface area contributed by atoms with Gasteiger partial charge in [0.25, 0.3) is 0 Å². The minimum absolute atomic E-state index is 0.0867. The number of carbonyl (C=O) groups excluding carboxylic acids is 1. The summed E-state index contributed by atoms with van der Waals surface area (Å²) < 4.78 is 22.5. The molecule has 8 heteroatoms. The van der Waals surface area contributed by atoms with E-state index in [1.54, 1.807) is 27.4 Å². The van der Waals surface area contributed by atoms with Gasteiger partial charge in [-0.25, -0.2) is 0 Å². The van der Waals surface area contributed by atoms with E-state index >= 15 is 0 Å². The van der Waals surface area contributed by atoms with E-state index in [9.17, 15) is 9.59 Å². The van der Waals surface area contributed by atoms with Crippen LogP contribution in [0.15, 0.2) is 29.1 Å². The van der Waals surface area contributed by atoms with Crippen molar-refractivity contribution in [3.8, 4) is 28.4 Å². The molecule has 1 atom stereocenters. The van der Waals surface area contributed by atoms with E-state index in [1.165, 1.54) is 6.92 Å². The van der Waals surface area contributed by atoms with Gasteiger partial charge in [-0.15, -0.1) is 0 Å². The standard InChI is InChI=1S/C25H30N2O6/c1-15(28)26-19-7-5-16-13-22(30-2)24(31-3)25(32-4)23(16)17-6-8-20(21(29)14-18(17)19)27-9-11-33-12-10-27/h6,8,13-14,19H,5,7,9-12H2,1-4H3,(H,26,28)/t19-/m1/s1. The second kappa shape index (κ2) is 9.70. The Morgan fingerprint density at radius 2 is 1.79 bits per heavy atom. The third-order valence-electron chi connectivity index (χ3n) is 6.25. The molecule has 176 valence electrons. The predicted molar refractivity (Wildman–Crippen MR) is 126 cm³/mol. The highest BCUT2D eigenvalue weighted by Crippen LogP contribution is 2.50. The van der Waals surface area contributed by atoms with Crippen LogP contribution in [-0.4, -0.2) is 53.5 Å². The molecule has 1 N–H and O–H groups in total. The number of rotatable bonds is 5. The van der Waals surface area contributed by atoms with Gasteiger partial charge in [-0.3, -0.25) is 9.59 Å². The second-order valence-corrected chi connectivity index (χ2v) is 8.17. The average molecular weight is 455 g/mol. The molecule has 1 heterocycles. The largest absolute Gasteiger partial charge is 0.493 e. The molecule has 0 radical (unpaired) electrons. The highest BCUT2D eigenvalue weighted by atomic mass is 16.5. The Labute approximate surface area is 193 Å². The molecule has 1 aliphatic carbocycles. The van der Waals surface area contributed by atoms with Crippen molar-refractivity contribution in [2.24, 2.45) is 0 Å². The summed E-state index contributed by atoms with van der Waals surface area (Å²) in [6, 6.07) is 7.11. The van der Waals surface area contributed by atoms with E-state index in [0.717, 1.165) is 22.3 Å². The van der Waals surface area contributed by atoms with Crippen molar-refractivity contribution < 1.29 is 23.7 Å². The van der Waals surface area contributed by atoms with Crippen LogP contribution in [0.5, 0.6) is 17.2 Å². The molecule has 0 saturated carbocycles. The molecule has 33 heavy (non-hydrogen) atoms. The lowest BCUT2D eigenvalue weighted by molar-refractivity contribution is -0.119. The molecule has 0 spiro atoms. The molecule has 1 fully saturated rings. The summed E-state index contributed by atoms with van der Waals surface area (Å²) in [5.74, 6) is 1.46. The molecule has 2 aromatic carbocycles. The van der Waals surface area contributed by atoms with E-state index in [2.05, 4.69) is 5.32 Å². The molecule has 4 rings (SSSR count). The number of fused-ring (bicyclic) bond motifs is 3. The number of carbonyl (C=O) groups is 1. The predicted octanol–water partition coefficient (Wildman–Crippen LogP) is 2.70. The maximum absolute atomic E-state index is 13.4. The van der Waals surface area contributed by atoms with Gasteiger partial charge in [-0.2, -0.15) is 0 Å². The minimum Gasteiger partial charge on any atom is -0.493 e. The summed E-state index contributed by atoms with van der Waals surface area (Å²) in [4.78, 5) is 27.4. The van der Waals surface area contributed by atoms with E-state index in [-0.39, 0.29) is 17.4 Å². The first kappa shape index (κ1) is 22.9. The highest BCUT2D eigenvalue weighted by molar-refractivity contribution is 5.83. The van der Waals surface area contributed by atoms with Crippen LogP contribution in [0.1, 0.15) is 30.5 Å². The fourth-order valence-electron chi connectivity index (χ4n) is 4.76. The van der Waals surface area contributed by atoms with Crippen molar-refractivity contribution >= 4 is 11.6 Å². The Hall–Kier alpha value is -3.26. The summed E-state index contributed by atoms with van der Waals surface area (Å²) in [6.07, 6.45) is 1.30. The molecule has 2 aliphatic rings. The van der Waals surface area contributed by atoms with Crippen LogP contribution in [0.4, 0.5) is 5.69 Å². The van der Waals surface area contributed by atoms with Gasteiger partial charge in [-0.05, 0) is 47.7 Å². The van der Waals surface area contributed by atoms with Crippen LogP contribution >= 0.6 is 0 Å². The number of nitrogens with one attached hydrogen (secondary N) is 1. The van der Waals surface area contributed by atoms with Gasteiger partial charge < -0.3 is 29.2 Å². The van der Waals surface area contributed by atoms with Gasteiger partial charge in [0.05, 0.1) is 46.3 Å². The van der Waals surface area contributed by atoms with Gasteiger partial charge in [0.2, 0.25) is 17.1 Å². The second-order valence-electron chi connectivity index (χ2n) is 8.17. The molecule has 1 amide bonds. The number of hydrogen-bond acceptors (Lipinski definition) is 7. The third-order valence-corrected chi connectivity index (χ3v) is 6.25. The van der Waals surface area contributed by atoms with Crippen molar-refractivity contribution in [2.45, 2.75) is 25.8 Å². The molecular weight excluding hydrogens is 424 g/mol. The van der Waals surface area contributed by atoms with Gasteiger partial charge >= 0.3 is 0 Å². The van der Waals surface area contributed by atoms with Crippen molar-refractivity contribution in [3.63, 3.8) is 0 Å². The van der Waals surface area contributed by atoms with Crippen molar-refractivity contribution in [1.82, 2.24) is 5.32 Å². The maximum atomic E-state index is 13.4. The first-order valence-corrected chi connectivity index (χ1v) is 11.1. The Balaban J connectivity index is 2.00. The summed E-state index contributed by atoms with van der Waals surface area (Å²) in [7, 11) is 4.75. The smallest absolute Gasteiger partial charge is 0.217 e. The Morgan fingerprint density at radius 3 is 2.42 bits per heavy atom. The average Bonchev–Trinajstić information content (AvgIpc) is 3.07. The van der Waals surface area contributed by atoms with Crippen LogP contribution < -0.4 is 29.9 Å². The number of benzene rings is 1. The molecule has 2 aromatic rings. The summed E-state index contributed by atoms with van der Waals surface area (Å²) in [5, 5.41) is 3.03. The molecule has 8 nitrogen and oxygen atoms in total. The van der Waals surface area contributed by atoms with Crippen molar-refractivity contribution in [1.29, 1.82) is 0 Å². The fourth-order valence-corrected chi connectivity index (χ4v) is 4.76. The zero-order chi connectivity index (χ0) is 23.5. The Morgan fingerprint density at radius 1 is 1.06 bits per heavy atom. The molecule has 1 aliphatic heterocycles. The number of ether oxygens (including phenoxy) is 4. The van der Waals surface area contributed by atoms with Gasteiger partial charge in [0.1, 0.15) is 0 Å². The number of morpholine rings is 1. The van der Waals surface area contributed by atoms with E-state index in [1.807, 2.05) is 23.1 Å². The normalized spacial score (nSPS) is 17.3. The third kappa shape index (κ3) is 4.35.